The highest BCUT2D eigenvalue weighted by Crippen LogP contribution is 2.33. The second-order valence-electron chi connectivity index (χ2n) is 8.30. The number of azo groups is 1. The van der Waals surface area contributed by atoms with E-state index in [1.807, 2.05) is 30.3 Å². The highest BCUT2D eigenvalue weighted by molar-refractivity contribution is 5.62. The summed E-state index contributed by atoms with van der Waals surface area (Å²) in [5.74, 6) is 0.770. The van der Waals surface area contributed by atoms with Crippen LogP contribution in [0.1, 0.15) is 43.2 Å². The summed E-state index contributed by atoms with van der Waals surface area (Å²) in [6, 6.07) is 15.0. The Bertz CT molecular complexity index is 813. The Balaban J connectivity index is 1.42. The van der Waals surface area contributed by atoms with Gasteiger partial charge < -0.3 is 10.2 Å². The lowest BCUT2D eigenvalue weighted by molar-refractivity contribution is 0.0649. The van der Waals surface area contributed by atoms with Crippen LogP contribution in [-0.2, 0) is 0 Å². The van der Waals surface area contributed by atoms with Gasteiger partial charge in [0.25, 0.3) is 0 Å². The molecule has 0 unspecified atom stereocenters. The molecule has 28 heavy (non-hydrogen) atoms. The Hall–Kier alpha value is -2.20. The normalized spacial score (nSPS) is 22.9. The number of nitrogens with zero attached hydrogens (tertiary/aromatic N) is 3. The zero-order valence-electron chi connectivity index (χ0n) is 17.2. The lowest BCUT2D eigenvalue weighted by Gasteiger charge is -2.44. The van der Waals surface area contributed by atoms with Crippen molar-refractivity contribution in [1.82, 2.24) is 4.90 Å². The van der Waals surface area contributed by atoms with Crippen molar-refractivity contribution in [2.45, 2.75) is 52.0 Å². The fraction of sp³-hybridized carbons (Fsp3) is 0.500. The van der Waals surface area contributed by atoms with Gasteiger partial charge in [-0.2, -0.15) is 10.2 Å². The Morgan fingerprint density at radius 3 is 2.57 bits per heavy atom. The van der Waals surface area contributed by atoms with Gasteiger partial charge in [0, 0.05) is 18.3 Å². The summed E-state index contributed by atoms with van der Waals surface area (Å²) in [7, 11) is 0. The molecule has 0 spiro atoms. The van der Waals surface area contributed by atoms with Crippen LogP contribution >= 0.6 is 0 Å². The molecule has 0 aliphatic carbocycles. The fourth-order valence-corrected chi connectivity index (χ4v) is 4.77. The summed E-state index contributed by atoms with van der Waals surface area (Å²) in [5.41, 5.74) is 5.55. The van der Waals surface area contributed by atoms with Crippen molar-refractivity contribution in [1.29, 1.82) is 0 Å². The van der Waals surface area contributed by atoms with Crippen molar-refractivity contribution in [2.24, 2.45) is 16.1 Å². The first kappa shape index (κ1) is 19.1. The molecule has 4 nitrogen and oxygen atoms in total. The van der Waals surface area contributed by atoms with Crippen LogP contribution in [0.5, 0.6) is 0 Å². The molecule has 4 rings (SSSR count). The second kappa shape index (κ2) is 8.87. The van der Waals surface area contributed by atoms with Gasteiger partial charge in [0.2, 0.25) is 0 Å². The molecule has 0 aromatic heterocycles. The average Bonchev–Trinajstić information content (AvgIpc) is 2.75. The van der Waals surface area contributed by atoms with Crippen LogP contribution in [0.4, 0.5) is 17.1 Å². The van der Waals surface area contributed by atoms with Crippen molar-refractivity contribution in [2.75, 3.05) is 25.0 Å². The SMILES string of the molecule is Cc1c(N=Nc2ccccc2)ccc(NC[C@@H]2CCCN3CCCC[C@H]23)c1C. The van der Waals surface area contributed by atoms with Gasteiger partial charge in [-0.25, -0.2) is 0 Å². The number of nitrogens with one attached hydrogen (secondary N) is 1. The molecule has 148 valence electrons. The maximum atomic E-state index is 4.47. The summed E-state index contributed by atoms with van der Waals surface area (Å²) >= 11 is 0. The monoisotopic (exact) mass is 376 g/mol. The summed E-state index contributed by atoms with van der Waals surface area (Å²) in [5, 5.41) is 12.6. The molecule has 2 aliphatic rings. The van der Waals surface area contributed by atoms with E-state index in [-0.39, 0.29) is 0 Å². The number of hydrogen-bond donors (Lipinski definition) is 1. The van der Waals surface area contributed by atoms with Gasteiger partial charge in [0.15, 0.2) is 0 Å². The van der Waals surface area contributed by atoms with Crippen molar-refractivity contribution >= 4 is 17.1 Å². The minimum Gasteiger partial charge on any atom is -0.384 e. The van der Waals surface area contributed by atoms with E-state index in [0.29, 0.717) is 0 Å². The van der Waals surface area contributed by atoms with Crippen LogP contribution in [0.3, 0.4) is 0 Å². The van der Waals surface area contributed by atoms with Crippen LogP contribution in [0.2, 0.25) is 0 Å². The summed E-state index contributed by atoms with van der Waals surface area (Å²) < 4.78 is 0. The Morgan fingerprint density at radius 2 is 1.71 bits per heavy atom. The molecule has 2 aromatic carbocycles. The van der Waals surface area contributed by atoms with E-state index in [4.69, 9.17) is 0 Å². The lowest BCUT2D eigenvalue weighted by Crippen LogP contribution is -2.49. The van der Waals surface area contributed by atoms with E-state index < -0.39 is 0 Å². The van der Waals surface area contributed by atoms with Crippen molar-refractivity contribution in [3.05, 3.63) is 53.6 Å². The maximum Gasteiger partial charge on any atom is 0.0890 e. The summed E-state index contributed by atoms with van der Waals surface area (Å²) in [4.78, 5) is 2.74. The van der Waals surface area contributed by atoms with Crippen molar-refractivity contribution in [3.8, 4) is 0 Å². The van der Waals surface area contributed by atoms with Gasteiger partial charge in [0.05, 0.1) is 11.4 Å². The smallest absolute Gasteiger partial charge is 0.0890 e. The number of benzene rings is 2. The van der Waals surface area contributed by atoms with E-state index >= 15 is 0 Å². The van der Waals surface area contributed by atoms with E-state index in [1.165, 1.54) is 62.0 Å². The highest BCUT2D eigenvalue weighted by atomic mass is 15.2. The van der Waals surface area contributed by atoms with E-state index in [2.05, 4.69) is 46.4 Å². The molecule has 2 aliphatic heterocycles. The number of fused-ring (bicyclic) bond motifs is 1. The predicted molar refractivity (Wildman–Crippen MR) is 117 cm³/mol. The third kappa shape index (κ3) is 4.27. The molecule has 4 heteroatoms. The number of piperidine rings is 2. The van der Waals surface area contributed by atoms with E-state index in [0.717, 1.165) is 29.9 Å². The molecule has 2 saturated heterocycles. The van der Waals surface area contributed by atoms with Crippen molar-refractivity contribution < 1.29 is 0 Å². The Labute approximate surface area is 169 Å². The van der Waals surface area contributed by atoms with Gasteiger partial charge in [-0.15, -0.1) is 0 Å². The molecular weight excluding hydrogens is 344 g/mol. The number of hydrogen-bond acceptors (Lipinski definition) is 4. The zero-order chi connectivity index (χ0) is 19.3. The van der Waals surface area contributed by atoms with Crippen LogP contribution in [0.25, 0.3) is 0 Å². The van der Waals surface area contributed by atoms with Crippen molar-refractivity contribution in [3.63, 3.8) is 0 Å². The van der Waals surface area contributed by atoms with E-state index in [1.54, 1.807) is 0 Å². The maximum absolute atomic E-state index is 4.47. The molecule has 0 saturated carbocycles. The zero-order valence-corrected chi connectivity index (χ0v) is 17.2. The second-order valence-corrected chi connectivity index (χ2v) is 8.30. The first-order valence-electron chi connectivity index (χ1n) is 10.8. The Morgan fingerprint density at radius 1 is 0.893 bits per heavy atom. The standard InChI is InChI=1S/C24H32N4/c1-18-19(2)23(27-26-21-10-4-3-5-11-21)14-13-22(18)25-17-20-9-8-16-28-15-7-6-12-24(20)28/h3-5,10-11,13-14,20,24-25H,6-9,12,15-17H2,1-2H3/t20-,24+/m0/s1. The third-order valence-electron chi connectivity index (χ3n) is 6.57. The van der Waals surface area contributed by atoms with Crippen LogP contribution < -0.4 is 5.32 Å². The molecule has 0 radical (unpaired) electrons. The minimum atomic E-state index is 0.770. The topological polar surface area (TPSA) is 40.0 Å². The number of rotatable bonds is 5. The lowest BCUT2D eigenvalue weighted by atomic mass is 9.83. The van der Waals surface area contributed by atoms with Gasteiger partial charge in [-0.3, -0.25) is 0 Å². The molecule has 2 fully saturated rings. The molecule has 2 heterocycles. The van der Waals surface area contributed by atoms with Crippen LogP contribution in [0, 0.1) is 19.8 Å². The molecular formula is C24H32N4. The summed E-state index contributed by atoms with van der Waals surface area (Å²) in [6.45, 7) is 8.02. The third-order valence-corrected chi connectivity index (χ3v) is 6.57. The largest absolute Gasteiger partial charge is 0.384 e. The molecule has 1 N–H and O–H groups in total. The van der Waals surface area contributed by atoms with Crippen LogP contribution in [0.15, 0.2) is 52.7 Å². The molecule has 0 amide bonds. The number of anilines is 1. The quantitative estimate of drug-likeness (QED) is 0.614. The first-order valence-corrected chi connectivity index (χ1v) is 10.8. The summed E-state index contributed by atoms with van der Waals surface area (Å²) in [6.07, 6.45) is 6.86. The molecule has 2 aromatic rings. The fourth-order valence-electron chi connectivity index (χ4n) is 4.77. The Kier molecular flexibility index (Phi) is 6.06. The first-order chi connectivity index (χ1) is 13.7. The molecule has 2 atom stereocenters. The van der Waals surface area contributed by atoms with Gasteiger partial charge in [0.1, 0.15) is 0 Å². The predicted octanol–water partition coefficient (Wildman–Crippen LogP) is 6.40. The van der Waals surface area contributed by atoms with E-state index in [9.17, 15) is 0 Å². The van der Waals surface area contributed by atoms with Crippen LogP contribution in [-0.4, -0.2) is 30.6 Å². The highest BCUT2D eigenvalue weighted by Gasteiger charge is 2.32. The van der Waals surface area contributed by atoms with Gasteiger partial charge in [-0.05, 0) is 93.9 Å². The van der Waals surface area contributed by atoms with Gasteiger partial charge >= 0.3 is 0 Å². The van der Waals surface area contributed by atoms with Gasteiger partial charge in [-0.1, -0.05) is 24.6 Å². The minimum absolute atomic E-state index is 0.770. The molecule has 0 bridgehead atoms. The average molecular weight is 377 g/mol.